The molecule has 3 heteroatoms. The Morgan fingerprint density at radius 1 is 1.24 bits per heavy atom. The van der Waals surface area contributed by atoms with Crippen LogP contribution in [0.2, 0.25) is 0 Å². The maximum absolute atomic E-state index is 5.89. The molecule has 2 N–H and O–H groups in total. The SMILES string of the molecule is CCC1(CC)CCN(CCCOc2ccccc2CN)C1. The first-order valence-electron chi connectivity index (χ1n) is 8.36. The second-order valence-corrected chi connectivity index (χ2v) is 6.25. The van der Waals surface area contributed by atoms with Crippen molar-refractivity contribution in [2.45, 2.75) is 46.1 Å². The summed E-state index contributed by atoms with van der Waals surface area (Å²) in [6.45, 7) is 9.64. The molecule has 0 spiro atoms. The zero-order chi connectivity index (χ0) is 15.1. The molecule has 3 nitrogen and oxygen atoms in total. The number of hydrogen-bond donors (Lipinski definition) is 1. The third-order valence-corrected chi connectivity index (χ3v) is 5.09. The van der Waals surface area contributed by atoms with Crippen LogP contribution in [-0.2, 0) is 6.54 Å². The summed E-state index contributed by atoms with van der Waals surface area (Å²) in [6, 6.07) is 8.06. The minimum absolute atomic E-state index is 0.540. The van der Waals surface area contributed by atoms with E-state index in [0.29, 0.717) is 12.0 Å². The molecular formula is C18H30N2O. The molecule has 2 rings (SSSR count). The lowest BCUT2D eigenvalue weighted by Crippen LogP contribution is -2.27. The van der Waals surface area contributed by atoms with Gasteiger partial charge in [0.25, 0.3) is 0 Å². The highest BCUT2D eigenvalue weighted by Gasteiger charge is 2.34. The lowest BCUT2D eigenvalue weighted by Gasteiger charge is -2.26. The van der Waals surface area contributed by atoms with Crippen LogP contribution in [0.3, 0.4) is 0 Å². The summed E-state index contributed by atoms with van der Waals surface area (Å²) in [4.78, 5) is 2.60. The van der Waals surface area contributed by atoms with Gasteiger partial charge in [0, 0.05) is 25.2 Å². The molecule has 1 aliphatic rings. The zero-order valence-corrected chi connectivity index (χ0v) is 13.6. The first-order chi connectivity index (χ1) is 10.2. The lowest BCUT2D eigenvalue weighted by atomic mass is 9.82. The van der Waals surface area contributed by atoms with E-state index < -0.39 is 0 Å². The van der Waals surface area contributed by atoms with Crippen molar-refractivity contribution in [3.63, 3.8) is 0 Å². The predicted octanol–water partition coefficient (Wildman–Crippen LogP) is 3.43. The van der Waals surface area contributed by atoms with Gasteiger partial charge in [0.1, 0.15) is 5.75 Å². The molecule has 0 bridgehead atoms. The Labute approximate surface area is 129 Å². The molecule has 0 amide bonds. The Kier molecular flexibility index (Phi) is 6.07. The van der Waals surface area contributed by atoms with Crippen LogP contribution >= 0.6 is 0 Å². The lowest BCUT2D eigenvalue weighted by molar-refractivity contribution is 0.222. The number of nitrogens with two attached hydrogens (primary N) is 1. The van der Waals surface area contributed by atoms with Crippen molar-refractivity contribution in [2.75, 3.05) is 26.2 Å². The molecule has 0 radical (unpaired) electrons. The number of hydrogen-bond acceptors (Lipinski definition) is 3. The third-order valence-electron chi connectivity index (χ3n) is 5.09. The molecule has 1 saturated heterocycles. The van der Waals surface area contributed by atoms with Gasteiger partial charge in [-0.1, -0.05) is 32.0 Å². The van der Waals surface area contributed by atoms with E-state index in [1.807, 2.05) is 24.3 Å². The standard InChI is InChI=1S/C18H30N2O/c1-3-18(4-2)10-12-20(15-18)11-7-13-21-17-9-6-5-8-16(17)14-19/h5-6,8-9H,3-4,7,10-15,19H2,1-2H3. The van der Waals surface area contributed by atoms with Gasteiger partial charge >= 0.3 is 0 Å². The van der Waals surface area contributed by atoms with Crippen molar-refractivity contribution in [3.8, 4) is 5.75 Å². The Morgan fingerprint density at radius 2 is 2.00 bits per heavy atom. The van der Waals surface area contributed by atoms with E-state index in [-0.39, 0.29) is 0 Å². The second kappa shape index (κ2) is 7.81. The van der Waals surface area contributed by atoms with Crippen molar-refractivity contribution in [3.05, 3.63) is 29.8 Å². The Morgan fingerprint density at radius 3 is 2.67 bits per heavy atom. The minimum Gasteiger partial charge on any atom is -0.493 e. The van der Waals surface area contributed by atoms with Crippen LogP contribution in [0.1, 0.15) is 45.1 Å². The molecule has 1 aliphatic heterocycles. The number of ether oxygens (including phenoxy) is 1. The van der Waals surface area contributed by atoms with Gasteiger partial charge in [-0.2, -0.15) is 0 Å². The smallest absolute Gasteiger partial charge is 0.123 e. The Bertz CT molecular complexity index is 429. The van der Waals surface area contributed by atoms with Crippen LogP contribution in [0.5, 0.6) is 5.75 Å². The second-order valence-electron chi connectivity index (χ2n) is 6.25. The largest absolute Gasteiger partial charge is 0.493 e. The fourth-order valence-corrected chi connectivity index (χ4v) is 3.33. The van der Waals surface area contributed by atoms with E-state index in [2.05, 4.69) is 18.7 Å². The molecule has 0 aromatic heterocycles. The van der Waals surface area contributed by atoms with Crippen molar-refractivity contribution < 1.29 is 4.74 Å². The average Bonchev–Trinajstić information content (AvgIpc) is 2.96. The summed E-state index contributed by atoms with van der Waals surface area (Å²) in [5, 5.41) is 0. The van der Waals surface area contributed by atoms with E-state index in [9.17, 15) is 0 Å². The Hall–Kier alpha value is -1.06. The molecule has 0 aliphatic carbocycles. The fourth-order valence-electron chi connectivity index (χ4n) is 3.33. The highest BCUT2D eigenvalue weighted by molar-refractivity contribution is 5.32. The van der Waals surface area contributed by atoms with E-state index in [1.165, 1.54) is 32.4 Å². The Balaban J connectivity index is 1.71. The maximum Gasteiger partial charge on any atom is 0.123 e. The highest BCUT2D eigenvalue weighted by atomic mass is 16.5. The van der Waals surface area contributed by atoms with E-state index in [0.717, 1.165) is 30.9 Å². The van der Waals surface area contributed by atoms with Crippen LogP contribution in [-0.4, -0.2) is 31.1 Å². The molecule has 1 fully saturated rings. The van der Waals surface area contributed by atoms with E-state index in [1.54, 1.807) is 0 Å². The number of para-hydroxylation sites is 1. The summed E-state index contributed by atoms with van der Waals surface area (Å²) in [7, 11) is 0. The fraction of sp³-hybridized carbons (Fsp3) is 0.667. The number of nitrogens with zero attached hydrogens (tertiary/aromatic N) is 1. The van der Waals surface area contributed by atoms with Crippen LogP contribution in [0.25, 0.3) is 0 Å². The van der Waals surface area contributed by atoms with E-state index in [4.69, 9.17) is 10.5 Å². The van der Waals surface area contributed by atoms with Gasteiger partial charge in [-0.05, 0) is 43.7 Å². The molecule has 1 aromatic rings. The first kappa shape index (κ1) is 16.3. The van der Waals surface area contributed by atoms with Gasteiger partial charge in [-0.15, -0.1) is 0 Å². The quantitative estimate of drug-likeness (QED) is 0.746. The predicted molar refractivity (Wildman–Crippen MR) is 88.5 cm³/mol. The van der Waals surface area contributed by atoms with Crippen molar-refractivity contribution in [1.29, 1.82) is 0 Å². The number of benzene rings is 1. The number of likely N-dealkylation sites (tertiary alicyclic amines) is 1. The number of rotatable bonds is 8. The molecule has 21 heavy (non-hydrogen) atoms. The van der Waals surface area contributed by atoms with Gasteiger partial charge in [-0.25, -0.2) is 0 Å². The zero-order valence-electron chi connectivity index (χ0n) is 13.6. The van der Waals surface area contributed by atoms with Gasteiger partial charge in [0.15, 0.2) is 0 Å². The van der Waals surface area contributed by atoms with Gasteiger partial charge < -0.3 is 15.4 Å². The van der Waals surface area contributed by atoms with Gasteiger partial charge in [0.2, 0.25) is 0 Å². The first-order valence-corrected chi connectivity index (χ1v) is 8.36. The maximum atomic E-state index is 5.89. The summed E-state index contributed by atoms with van der Waals surface area (Å²) in [5.74, 6) is 0.942. The van der Waals surface area contributed by atoms with Crippen molar-refractivity contribution in [2.24, 2.45) is 11.1 Å². The molecule has 0 unspecified atom stereocenters. The molecule has 118 valence electrons. The molecule has 0 atom stereocenters. The minimum atomic E-state index is 0.540. The molecular weight excluding hydrogens is 260 g/mol. The van der Waals surface area contributed by atoms with Gasteiger partial charge in [0.05, 0.1) is 6.61 Å². The summed E-state index contributed by atoms with van der Waals surface area (Å²) in [5.41, 5.74) is 7.40. The molecule has 0 saturated carbocycles. The monoisotopic (exact) mass is 290 g/mol. The van der Waals surface area contributed by atoms with Crippen LogP contribution in [0, 0.1) is 5.41 Å². The third kappa shape index (κ3) is 4.21. The summed E-state index contributed by atoms with van der Waals surface area (Å²) < 4.78 is 5.89. The average molecular weight is 290 g/mol. The normalized spacial score (nSPS) is 18.0. The van der Waals surface area contributed by atoms with Crippen LogP contribution in [0.15, 0.2) is 24.3 Å². The van der Waals surface area contributed by atoms with Crippen LogP contribution in [0.4, 0.5) is 0 Å². The van der Waals surface area contributed by atoms with Crippen molar-refractivity contribution in [1.82, 2.24) is 4.90 Å². The summed E-state index contributed by atoms with van der Waals surface area (Å²) >= 11 is 0. The molecule has 1 heterocycles. The van der Waals surface area contributed by atoms with Gasteiger partial charge in [-0.3, -0.25) is 0 Å². The summed E-state index contributed by atoms with van der Waals surface area (Å²) in [6.07, 6.45) is 5.06. The molecule has 1 aromatic carbocycles. The topological polar surface area (TPSA) is 38.5 Å². The highest BCUT2D eigenvalue weighted by Crippen LogP contribution is 2.36. The van der Waals surface area contributed by atoms with E-state index >= 15 is 0 Å². The van der Waals surface area contributed by atoms with Crippen molar-refractivity contribution >= 4 is 0 Å². The van der Waals surface area contributed by atoms with Crippen LogP contribution < -0.4 is 10.5 Å².